The molecular formula is C24H28ClN5O2S. The number of aromatic nitrogens is 3. The summed E-state index contributed by atoms with van der Waals surface area (Å²) >= 11 is 7.22. The van der Waals surface area contributed by atoms with Crippen molar-refractivity contribution < 1.29 is 9.59 Å². The molecule has 0 unspecified atom stereocenters. The lowest BCUT2D eigenvalue weighted by Crippen LogP contribution is -2.33. The van der Waals surface area contributed by atoms with E-state index in [1.54, 1.807) is 24.3 Å². The predicted molar refractivity (Wildman–Crippen MR) is 133 cm³/mol. The molecule has 9 heteroatoms. The number of rotatable bonds is 8. The van der Waals surface area contributed by atoms with E-state index in [9.17, 15) is 9.59 Å². The molecule has 1 aromatic heterocycles. The molecule has 0 bridgehead atoms. The highest BCUT2D eigenvalue weighted by Crippen LogP contribution is 2.25. The molecule has 0 aliphatic carbocycles. The van der Waals surface area contributed by atoms with Crippen LogP contribution in [0.3, 0.4) is 0 Å². The lowest BCUT2D eigenvalue weighted by Gasteiger charge is -2.21. The first-order valence-corrected chi connectivity index (χ1v) is 12.0. The number of amides is 2. The molecule has 0 aliphatic rings. The van der Waals surface area contributed by atoms with E-state index in [0.29, 0.717) is 21.6 Å². The van der Waals surface area contributed by atoms with Gasteiger partial charge in [-0.1, -0.05) is 49.3 Å². The Morgan fingerprint density at radius 3 is 2.45 bits per heavy atom. The largest absolute Gasteiger partial charge is 0.342 e. The summed E-state index contributed by atoms with van der Waals surface area (Å²) in [5, 5.41) is 15.7. The van der Waals surface area contributed by atoms with Gasteiger partial charge in [-0.3, -0.25) is 9.59 Å². The summed E-state index contributed by atoms with van der Waals surface area (Å²) in [5.41, 5.74) is 3.42. The van der Waals surface area contributed by atoms with E-state index in [1.807, 2.05) is 57.5 Å². The van der Waals surface area contributed by atoms with Gasteiger partial charge in [0.15, 0.2) is 11.0 Å². The second-order valence-corrected chi connectivity index (χ2v) is 9.64. The zero-order valence-electron chi connectivity index (χ0n) is 19.3. The van der Waals surface area contributed by atoms with Gasteiger partial charge in [0.2, 0.25) is 5.91 Å². The Kier molecular flexibility index (Phi) is 8.15. The molecule has 3 rings (SSSR count). The molecule has 33 heavy (non-hydrogen) atoms. The summed E-state index contributed by atoms with van der Waals surface area (Å²) in [7, 11) is 1.84. The van der Waals surface area contributed by atoms with Gasteiger partial charge in [0.1, 0.15) is 0 Å². The third kappa shape index (κ3) is 6.36. The smallest absolute Gasteiger partial charge is 0.251 e. The molecule has 7 nitrogen and oxygen atoms in total. The third-order valence-corrected chi connectivity index (χ3v) is 6.48. The number of nitrogens with zero attached hydrogens (tertiary/aromatic N) is 3. The minimum Gasteiger partial charge on any atom is -0.342 e. The number of aryl methyl sites for hydroxylation is 2. The van der Waals surface area contributed by atoms with Crippen LogP contribution in [-0.2, 0) is 11.8 Å². The van der Waals surface area contributed by atoms with Crippen molar-refractivity contribution in [1.82, 2.24) is 20.1 Å². The fourth-order valence-corrected chi connectivity index (χ4v) is 4.11. The molecule has 1 atom stereocenters. The molecule has 0 aliphatic heterocycles. The van der Waals surface area contributed by atoms with Crippen molar-refractivity contribution in [1.29, 1.82) is 0 Å². The van der Waals surface area contributed by atoms with Crippen LogP contribution in [-0.4, -0.2) is 32.3 Å². The van der Waals surface area contributed by atoms with Gasteiger partial charge in [-0.2, -0.15) is 0 Å². The molecule has 2 N–H and O–H groups in total. The second-order valence-electron chi connectivity index (χ2n) is 8.26. The van der Waals surface area contributed by atoms with Crippen molar-refractivity contribution in [3.05, 3.63) is 70.0 Å². The van der Waals surface area contributed by atoms with Gasteiger partial charge in [0.25, 0.3) is 5.91 Å². The van der Waals surface area contributed by atoms with Crippen LogP contribution in [0.2, 0.25) is 5.02 Å². The first-order valence-electron chi connectivity index (χ1n) is 10.6. The minimum atomic E-state index is -0.344. The van der Waals surface area contributed by atoms with E-state index in [2.05, 4.69) is 20.8 Å². The van der Waals surface area contributed by atoms with Crippen molar-refractivity contribution in [2.45, 2.75) is 38.9 Å². The number of halogens is 1. The highest BCUT2D eigenvalue weighted by atomic mass is 35.5. The summed E-state index contributed by atoms with van der Waals surface area (Å²) in [6.07, 6.45) is 0. The average molecular weight is 486 g/mol. The third-order valence-electron chi connectivity index (χ3n) is 5.21. The zero-order chi connectivity index (χ0) is 24.1. The van der Waals surface area contributed by atoms with E-state index >= 15 is 0 Å². The van der Waals surface area contributed by atoms with Gasteiger partial charge < -0.3 is 15.2 Å². The van der Waals surface area contributed by atoms with E-state index < -0.39 is 0 Å². The van der Waals surface area contributed by atoms with Crippen LogP contribution in [0.15, 0.2) is 47.6 Å². The molecule has 0 spiro atoms. The molecule has 2 aromatic carbocycles. The molecule has 0 fully saturated rings. The number of hydrogen-bond acceptors (Lipinski definition) is 5. The summed E-state index contributed by atoms with van der Waals surface area (Å²) in [6, 6.07) is 12.3. The highest BCUT2D eigenvalue weighted by molar-refractivity contribution is 7.99. The number of nitrogens with one attached hydrogen (secondary N) is 2. The van der Waals surface area contributed by atoms with Gasteiger partial charge in [-0.15, -0.1) is 10.2 Å². The van der Waals surface area contributed by atoms with Gasteiger partial charge in [0.05, 0.1) is 11.8 Å². The van der Waals surface area contributed by atoms with Crippen LogP contribution in [0.25, 0.3) is 0 Å². The number of hydrogen-bond donors (Lipinski definition) is 2. The summed E-state index contributed by atoms with van der Waals surface area (Å²) in [6.45, 7) is 7.96. The average Bonchev–Trinajstić information content (AvgIpc) is 3.13. The Morgan fingerprint density at radius 1 is 1.09 bits per heavy atom. The number of carbonyl (C=O) groups excluding carboxylic acids is 2. The fraction of sp³-hybridized carbons (Fsp3) is 0.333. The van der Waals surface area contributed by atoms with Crippen LogP contribution in [0, 0.1) is 19.8 Å². The molecule has 2 amide bonds. The normalized spacial score (nSPS) is 12.0. The van der Waals surface area contributed by atoms with E-state index in [1.165, 1.54) is 11.8 Å². The first kappa shape index (κ1) is 24.8. The van der Waals surface area contributed by atoms with E-state index in [4.69, 9.17) is 11.6 Å². The van der Waals surface area contributed by atoms with Gasteiger partial charge >= 0.3 is 0 Å². The second kappa shape index (κ2) is 10.9. The van der Waals surface area contributed by atoms with Crippen molar-refractivity contribution in [2.75, 3.05) is 11.1 Å². The van der Waals surface area contributed by atoms with Crippen LogP contribution in [0.5, 0.6) is 0 Å². The SMILES string of the molecule is Cc1ccc(C)c(NC(=O)CSc2nnc([C@@H](NC(=O)c3ccc(Cl)cc3)C(C)C)n2C)c1. The van der Waals surface area contributed by atoms with Gasteiger partial charge in [0, 0.05) is 23.3 Å². The van der Waals surface area contributed by atoms with Gasteiger partial charge in [-0.05, 0) is 61.2 Å². The van der Waals surface area contributed by atoms with Crippen molar-refractivity contribution >= 4 is 40.9 Å². The molecule has 0 saturated carbocycles. The maximum Gasteiger partial charge on any atom is 0.251 e. The van der Waals surface area contributed by atoms with Crippen LogP contribution in [0.1, 0.15) is 47.2 Å². The fourth-order valence-electron chi connectivity index (χ4n) is 3.26. The lowest BCUT2D eigenvalue weighted by molar-refractivity contribution is -0.113. The van der Waals surface area contributed by atoms with E-state index in [0.717, 1.165) is 16.8 Å². The molecule has 0 saturated heterocycles. The lowest BCUT2D eigenvalue weighted by atomic mass is 10.0. The van der Waals surface area contributed by atoms with Crippen molar-refractivity contribution in [2.24, 2.45) is 13.0 Å². The Labute approximate surface area is 203 Å². The first-order chi connectivity index (χ1) is 15.7. The van der Waals surface area contributed by atoms with Crippen LogP contribution in [0.4, 0.5) is 5.69 Å². The molecule has 1 heterocycles. The monoisotopic (exact) mass is 485 g/mol. The molecule has 3 aromatic rings. The van der Waals surface area contributed by atoms with Crippen LogP contribution < -0.4 is 10.6 Å². The number of carbonyl (C=O) groups is 2. The topological polar surface area (TPSA) is 88.9 Å². The minimum absolute atomic E-state index is 0.0783. The maximum atomic E-state index is 12.7. The van der Waals surface area contributed by atoms with Gasteiger partial charge in [-0.25, -0.2) is 0 Å². The standard InChI is InChI=1S/C24H28ClN5O2S/c1-14(2)21(27-23(32)17-8-10-18(25)11-9-17)22-28-29-24(30(22)5)33-13-20(31)26-19-12-15(3)6-7-16(19)4/h6-12,14,21H,13H2,1-5H3,(H,26,31)(H,27,32)/t21-/m0/s1. The highest BCUT2D eigenvalue weighted by Gasteiger charge is 2.25. The maximum absolute atomic E-state index is 12.7. The molecule has 174 valence electrons. The Balaban J connectivity index is 1.67. The summed E-state index contributed by atoms with van der Waals surface area (Å²) < 4.78 is 1.82. The Morgan fingerprint density at radius 2 is 1.79 bits per heavy atom. The Bertz CT molecular complexity index is 1140. The molecule has 0 radical (unpaired) electrons. The number of anilines is 1. The van der Waals surface area contributed by atoms with Crippen molar-refractivity contribution in [3.8, 4) is 0 Å². The quantitative estimate of drug-likeness (QED) is 0.441. The Hall–Kier alpha value is -2.84. The van der Waals surface area contributed by atoms with E-state index in [-0.39, 0.29) is 29.5 Å². The van der Waals surface area contributed by atoms with Crippen LogP contribution >= 0.6 is 23.4 Å². The predicted octanol–water partition coefficient (Wildman–Crippen LogP) is 4.94. The number of benzene rings is 2. The van der Waals surface area contributed by atoms with Crippen molar-refractivity contribution in [3.63, 3.8) is 0 Å². The molecular weight excluding hydrogens is 458 g/mol. The summed E-state index contributed by atoms with van der Waals surface area (Å²) in [5.74, 6) is 0.576. The zero-order valence-corrected chi connectivity index (χ0v) is 20.9. The number of thioether (sulfide) groups is 1. The summed E-state index contributed by atoms with van der Waals surface area (Å²) in [4.78, 5) is 25.2.